The highest BCUT2D eigenvalue weighted by Gasteiger charge is 2.35. The predicted octanol–water partition coefficient (Wildman–Crippen LogP) is 3.80. The van der Waals surface area contributed by atoms with E-state index in [1.807, 2.05) is 0 Å². The molecule has 1 aromatic carbocycles. The van der Waals surface area contributed by atoms with Crippen LogP contribution >= 0.6 is 11.6 Å². The van der Waals surface area contributed by atoms with E-state index in [9.17, 15) is 13.2 Å². The molecule has 1 unspecified atom stereocenters. The zero-order chi connectivity index (χ0) is 14.0. The summed E-state index contributed by atoms with van der Waals surface area (Å²) in [6, 6.07) is 7.63. The summed E-state index contributed by atoms with van der Waals surface area (Å²) in [4.78, 5) is 3.76. The molecular weight excluding hydrogens is 277 g/mol. The zero-order valence-electron chi connectivity index (χ0n) is 9.66. The van der Waals surface area contributed by atoms with Crippen molar-refractivity contribution in [1.82, 2.24) is 4.98 Å². The normalized spacial score (nSPS) is 13.3. The Balaban J connectivity index is 2.48. The van der Waals surface area contributed by atoms with Crippen molar-refractivity contribution in [1.29, 1.82) is 0 Å². The van der Waals surface area contributed by atoms with Crippen LogP contribution in [0.1, 0.15) is 22.9 Å². The highest BCUT2D eigenvalue weighted by molar-refractivity contribution is 6.30. The van der Waals surface area contributed by atoms with Crippen molar-refractivity contribution < 1.29 is 13.2 Å². The van der Waals surface area contributed by atoms with Gasteiger partial charge in [-0.25, -0.2) is 0 Å². The summed E-state index contributed by atoms with van der Waals surface area (Å²) >= 11 is 5.81. The minimum absolute atomic E-state index is 0.211. The van der Waals surface area contributed by atoms with Crippen LogP contribution in [0.25, 0.3) is 0 Å². The fourth-order valence-electron chi connectivity index (χ4n) is 1.76. The molecule has 6 heteroatoms. The molecule has 0 radical (unpaired) electrons. The lowest BCUT2D eigenvalue weighted by Crippen LogP contribution is -2.20. The molecule has 0 saturated carbocycles. The largest absolute Gasteiger partial charge is 0.418 e. The van der Waals surface area contributed by atoms with Crippen molar-refractivity contribution in [2.24, 2.45) is 5.73 Å². The Hall–Kier alpha value is -1.59. The SMILES string of the molecule is NC(c1cccc(Cl)c1)c1ncccc1C(F)(F)F. The average Bonchev–Trinajstić information content (AvgIpc) is 2.37. The van der Waals surface area contributed by atoms with E-state index in [-0.39, 0.29) is 5.69 Å². The number of hydrogen-bond acceptors (Lipinski definition) is 2. The van der Waals surface area contributed by atoms with Crippen molar-refractivity contribution in [3.63, 3.8) is 0 Å². The van der Waals surface area contributed by atoms with Crippen molar-refractivity contribution in [3.8, 4) is 0 Å². The number of nitrogens with zero attached hydrogens (tertiary/aromatic N) is 1. The average molecular weight is 287 g/mol. The predicted molar refractivity (Wildman–Crippen MR) is 66.7 cm³/mol. The van der Waals surface area contributed by atoms with Crippen LogP contribution in [0.4, 0.5) is 13.2 Å². The van der Waals surface area contributed by atoms with Gasteiger partial charge in [-0.1, -0.05) is 23.7 Å². The van der Waals surface area contributed by atoms with Crippen LogP contribution in [-0.4, -0.2) is 4.98 Å². The van der Waals surface area contributed by atoms with Gasteiger partial charge in [0, 0.05) is 11.2 Å². The Morgan fingerprint density at radius 3 is 2.53 bits per heavy atom. The molecule has 0 fully saturated rings. The summed E-state index contributed by atoms with van der Waals surface area (Å²) in [5, 5.41) is 0.414. The van der Waals surface area contributed by atoms with Crippen LogP contribution in [0, 0.1) is 0 Å². The van der Waals surface area contributed by atoms with Crippen LogP contribution in [0.5, 0.6) is 0 Å². The van der Waals surface area contributed by atoms with Gasteiger partial charge in [-0.05, 0) is 29.8 Å². The molecular formula is C13H10ClF3N2. The van der Waals surface area contributed by atoms with E-state index >= 15 is 0 Å². The maximum Gasteiger partial charge on any atom is 0.418 e. The smallest absolute Gasteiger partial charge is 0.319 e. The van der Waals surface area contributed by atoms with E-state index in [1.54, 1.807) is 18.2 Å². The van der Waals surface area contributed by atoms with Crippen molar-refractivity contribution in [2.45, 2.75) is 12.2 Å². The second-order valence-corrected chi connectivity index (χ2v) is 4.40. The van der Waals surface area contributed by atoms with Gasteiger partial charge in [0.25, 0.3) is 0 Å². The Morgan fingerprint density at radius 1 is 1.16 bits per heavy atom. The lowest BCUT2D eigenvalue weighted by Gasteiger charge is -2.17. The Labute approximate surface area is 113 Å². The minimum Gasteiger partial charge on any atom is -0.319 e. The molecule has 0 spiro atoms. The molecule has 1 atom stereocenters. The third-order valence-electron chi connectivity index (χ3n) is 2.65. The number of pyridine rings is 1. The highest BCUT2D eigenvalue weighted by atomic mass is 35.5. The van der Waals surface area contributed by atoms with Crippen LogP contribution in [-0.2, 0) is 6.18 Å². The lowest BCUT2D eigenvalue weighted by molar-refractivity contribution is -0.138. The molecule has 1 aromatic heterocycles. The molecule has 2 aromatic rings. The molecule has 0 aliphatic heterocycles. The quantitative estimate of drug-likeness (QED) is 0.912. The monoisotopic (exact) mass is 286 g/mol. The molecule has 0 aliphatic rings. The van der Waals surface area contributed by atoms with Gasteiger partial charge in [-0.3, -0.25) is 4.98 Å². The Morgan fingerprint density at radius 2 is 1.89 bits per heavy atom. The standard InChI is InChI=1S/C13H10ClF3N2/c14-9-4-1-3-8(7-9)11(18)12-10(13(15,16)17)5-2-6-19-12/h1-7,11H,18H2. The number of benzene rings is 1. The van der Waals surface area contributed by atoms with E-state index in [2.05, 4.69) is 4.98 Å². The number of halogens is 4. The van der Waals surface area contributed by atoms with Gasteiger partial charge in [-0.2, -0.15) is 13.2 Å². The van der Waals surface area contributed by atoms with Crippen molar-refractivity contribution in [2.75, 3.05) is 0 Å². The van der Waals surface area contributed by atoms with E-state index in [0.717, 1.165) is 6.07 Å². The van der Waals surface area contributed by atoms with Crippen LogP contribution in [0.2, 0.25) is 5.02 Å². The van der Waals surface area contributed by atoms with Gasteiger partial charge in [-0.15, -0.1) is 0 Å². The molecule has 2 nitrogen and oxygen atoms in total. The van der Waals surface area contributed by atoms with Gasteiger partial charge in [0.2, 0.25) is 0 Å². The molecule has 0 amide bonds. The molecule has 0 saturated heterocycles. The van der Waals surface area contributed by atoms with Crippen LogP contribution < -0.4 is 5.73 Å². The maximum atomic E-state index is 12.9. The van der Waals surface area contributed by atoms with Gasteiger partial charge in [0.15, 0.2) is 0 Å². The van der Waals surface area contributed by atoms with Crippen molar-refractivity contribution in [3.05, 3.63) is 64.4 Å². The van der Waals surface area contributed by atoms with Gasteiger partial charge < -0.3 is 5.73 Å². The van der Waals surface area contributed by atoms with Gasteiger partial charge in [0.1, 0.15) is 0 Å². The zero-order valence-corrected chi connectivity index (χ0v) is 10.4. The molecule has 0 bridgehead atoms. The van der Waals surface area contributed by atoms with Gasteiger partial charge >= 0.3 is 6.18 Å². The summed E-state index contributed by atoms with van der Waals surface area (Å²) in [5.74, 6) is 0. The van der Waals surface area contributed by atoms with Crippen LogP contribution in [0.3, 0.4) is 0 Å². The maximum absolute atomic E-state index is 12.9. The van der Waals surface area contributed by atoms with Gasteiger partial charge in [0.05, 0.1) is 17.3 Å². The van der Waals surface area contributed by atoms with Crippen LogP contribution in [0.15, 0.2) is 42.6 Å². The molecule has 100 valence electrons. The Kier molecular flexibility index (Phi) is 3.78. The topological polar surface area (TPSA) is 38.9 Å². The number of hydrogen-bond donors (Lipinski definition) is 1. The summed E-state index contributed by atoms with van der Waals surface area (Å²) in [5.41, 5.74) is 5.30. The minimum atomic E-state index is -4.49. The second-order valence-electron chi connectivity index (χ2n) is 3.97. The van der Waals surface area contributed by atoms with E-state index < -0.39 is 17.8 Å². The first-order valence-electron chi connectivity index (χ1n) is 5.43. The number of aromatic nitrogens is 1. The fraction of sp³-hybridized carbons (Fsp3) is 0.154. The first-order chi connectivity index (χ1) is 8.89. The summed E-state index contributed by atoms with van der Waals surface area (Å²) in [6.45, 7) is 0. The van der Waals surface area contributed by atoms with E-state index in [4.69, 9.17) is 17.3 Å². The first-order valence-corrected chi connectivity index (χ1v) is 5.80. The molecule has 1 heterocycles. The summed E-state index contributed by atoms with van der Waals surface area (Å²) < 4.78 is 38.6. The lowest BCUT2D eigenvalue weighted by atomic mass is 10.00. The highest BCUT2D eigenvalue weighted by Crippen LogP contribution is 2.34. The fourth-order valence-corrected chi connectivity index (χ4v) is 1.96. The summed E-state index contributed by atoms with van der Waals surface area (Å²) in [6.07, 6.45) is -3.20. The van der Waals surface area contributed by atoms with Crippen molar-refractivity contribution >= 4 is 11.6 Å². The Bertz CT molecular complexity index is 584. The second kappa shape index (κ2) is 5.19. The number of rotatable bonds is 2. The number of alkyl halides is 3. The number of nitrogens with two attached hydrogens (primary N) is 1. The molecule has 19 heavy (non-hydrogen) atoms. The third-order valence-corrected chi connectivity index (χ3v) is 2.88. The molecule has 0 aliphatic carbocycles. The van der Waals surface area contributed by atoms with E-state index in [1.165, 1.54) is 18.3 Å². The molecule has 2 N–H and O–H groups in total. The third kappa shape index (κ3) is 3.05. The molecule has 2 rings (SSSR count). The van der Waals surface area contributed by atoms with E-state index in [0.29, 0.717) is 10.6 Å². The summed E-state index contributed by atoms with van der Waals surface area (Å²) in [7, 11) is 0. The first kappa shape index (κ1) is 13.8.